The second-order valence-corrected chi connectivity index (χ2v) is 4.01. The van der Waals surface area contributed by atoms with Crippen molar-refractivity contribution in [1.29, 1.82) is 0 Å². The molecule has 0 aromatic heterocycles. The number of methoxy groups -OCH3 is 2. The van der Waals surface area contributed by atoms with Crippen molar-refractivity contribution in [1.82, 2.24) is 0 Å². The van der Waals surface area contributed by atoms with E-state index < -0.39 is 12.0 Å². The molecule has 0 spiro atoms. The molecule has 5 heteroatoms. The highest BCUT2D eigenvalue weighted by molar-refractivity contribution is 5.72. The summed E-state index contributed by atoms with van der Waals surface area (Å²) in [5, 5.41) is 8.69. The molecule has 0 amide bonds. The van der Waals surface area contributed by atoms with Crippen LogP contribution in [0.15, 0.2) is 18.2 Å². The smallest absolute Gasteiger partial charge is 0.320 e. The van der Waals surface area contributed by atoms with Crippen LogP contribution in [-0.4, -0.2) is 31.3 Å². The number of benzene rings is 1. The predicted molar refractivity (Wildman–Crippen MR) is 68.1 cm³/mol. The molecule has 0 radical (unpaired) electrons. The molecule has 0 aliphatic rings. The van der Waals surface area contributed by atoms with E-state index >= 15 is 0 Å². The van der Waals surface area contributed by atoms with E-state index in [1.807, 2.05) is 18.2 Å². The zero-order valence-corrected chi connectivity index (χ0v) is 10.7. The minimum Gasteiger partial charge on any atom is -0.497 e. The lowest BCUT2D eigenvalue weighted by Crippen LogP contribution is -2.29. The maximum Gasteiger partial charge on any atom is 0.320 e. The van der Waals surface area contributed by atoms with Crippen molar-refractivity contribution in [3.8, 4) is 11.5 Å². The largest absolute Gasteiger partial charge is 0.497 e. The summed E-state index contributed by atoms with van der Waals surface area (Å²) in [6.07, 6.45) is 1.84. The molecule has 0 aliphatic carbocycles. The molecule has 18 heavy (non-hydrogen) atoms. The van der Waals surface area contributed by atoms with Crippen LogP contribution in [0.3, 0.4) is 0 Å². The average molecular weight is 253 g/mol. The van der Waals surface area contributed by atoms with Crippen LogP contribution in [0.5, 0.6) is 11.5 Å². The van der Waals surface area contributed by atoms with Gasteiger partial charge in [0.05, 0.1) is 14.2 Å². The van der Waals surface area contributed by atoms with E-state index in [4.69, 9.17) is 20.3 Å². The monoisotopic (exact) mass is 253 g/mol. The molecule has 0 saturated carbocycles. The lowest BCUT2D eigenvalue weighted by atomic mass is 10.0. The molecule has 0 fully saturated rings. The first kappa shape index (κ1) is 14.3. The summed E-state index contributed by atoms with van der Waals surface area (Å²) in [4.78, 5) is 10.6. The highest BCUT2D eigenvalue weighted by Gasteiger charge is 2.11. The summed E-state index contributed by atoms with van der Waals surface area (Å²) in [5.41, 5.74) is 6.45. The number of hydrogen-bond acceptors (Lipinski definition) is 4. The molecule has 1 atom stereocenters. The van der Waals surface area contributed by atoms with Gasteiger partial charge in [-0.1, -0.05) is 0 Å². The zero-order valence-electron chi connectivity index (χ0n) is 10.7. The van der Waals surface area contributed by atoms with Crippen molar-refractivity contribution in [2.24, 2.45) is 5.73 Å². The molecule has 0 saturated heterocycles. The van der Waals surface area contributed by atoms with Crippen LogP contribution in [-0.2, 0) is 11.2 Å². The van der Waals surface area contributed by atoms with Crippen molar-refractivity contribution in [2.45, 2.75) is 25.3 Å². The fourth-order valence-electron chi connectivity index (χ4n) is 1.71. The lowest BCUT2D eigenvalue weighted by Gasteiger charge is -2.11. The Bertz CT molecular complexity index is 406. The first-order valence-corrected chi connectivity index (χ1v) is 5.77. The third kappa shape index (κ3) is 3.92. The lowest BCUT2D eigenvalue weighted by molar-refractivity contribution is -0.138. The Morgan fingerprint density at radius 1 is 1.39 bits per heavy atom. The minimum absolute atomic E-state index is 0.440. The van der Waals surface area contributed by atoms with E-state index in [-0.39, 0.29) is 0 Å². The van der Waals surface area contributed by atoms with Crippen LogP contribution in [0.25, 0.3) is 0 Å². The second-order valence-electron chi connectivity index (χ2n) is 4.01. The van der Waals surface area contributed by atoms with Gasteiger partial charge in [0.2, 0.25) is 0 Å². The van der Waals surface area contributed by atoms with E-state index in [0.717, 1.165) is 17.1 Å². The van der Waals surface area contributed by atoms with Gasteiger partial charge in [0.15, 0.2) is 0 Å². The van der Waals surface area contributed by atoms with Crippen LogP contribution in [0.2, 0.25) is 0 Å². The van der Waals surface area contributed by atoms with Crippen molar-refractivity contribution < 1.29 is 19.4 Å². The molecular formula is C13H19NO4. The van der Waals surface area contributed by atoms with Gasteiger partial charge in [-0.3, -0.25) is 4.79 Å². The number of aliphatic carboxylic acids is 1. The molecule has 3 N–H and O–H groups in total. The van der Waals surface area contributed by atoms with Crippen LogP contribution in [0, 0.1) is 0 Å². The summed E-state index contributed by atoms with van der Waals surface area (Å²) in [6, 6.07) is 4.75. The second kappa shape index (κ2) is 6.86. The van der Waals surface area contributed by atoms with E-state index in [9.17, 15) is 4.79 Å². The molecule has 1 rings (SSSR count). The van der Waals surface area contributed by atoms with E-state index in [1.54, 1.807) is 14.2 Å². The normalized spacial score (nSPS) is 11.9. The molecule has 0 aliphatic heterocycles. The first-order valence-electron chi connectivity index (χ1n) is 5.77. The highest BCUT2D eigenvalue weighted by Crippen LogP contribution is 2.25. The number of nitrogens with two attached hydrogens (primary N) is 1. The topological polar surface area (TPSA) is 81.8 Å². The summed E-state index contributed by atoms with van der Waals surface area (Å²) in [6.45, 7) is 0. The molecular weight excluding hydrogens is 234 g/mol. The Hall–Kier alpha value is -1.75. The standard InChI is InChI=1S/C13H19NO4/c1-17-10-6-7-12(18-2)9(8-10)4-3-5-11(14)13(15)16/h6-8,11H,3-5,14H2,1-2H3,(H,15,16). The Morgan fingerprint density at radius 2 is 2.11 bits per heavy atom. The number of hydrogen-bond donors (Lipinski definition) is 2. The van der Waals surface area contributed by atoms with Gasteiger partial charge in [0, 0.05) is 0 Å². The molecule has 1 aromatic rings. The van der Waals surface area contributed by atoms with Gasteiger partial charge in [-0.25, -0.2) is 0 Å². The summed E-state index contributed by atoms with van der Waals surface area (Å²) in [5.74, 6) is 0.570. The summed E-state index contributed by atoms with van der Waals surface area (Å²) < 4.78 is 10.4. The van der Waals surface area contributed by atoms with Gasteiger partial charge >= 0.3 is 5.97 Å². The van der Waals surface area contributed by atoms with Crippen LogP contribution in [0.4, 0.5) is 0 Å². The molecule has 1 unspecified atom stereocenters. The van der Waals surface area contributed by atoms with Gasteiger partial charge in [-0.05, 0) is 43.0 Å². The highest BCUT2D eigenvalue weighted by atomic mass is 16.5. The van der Waals surface area contributed by atoms with E-state index in [0.29, 0.717) is 19.3 Å². The summed E-state index contributed by atoms with van der Waals surface area (Å²) >= 11 is 0. The number of carboxylic acid groups (broad SMARTS) is 1. The van der Waals surface area contributed by atoms with Crippen molar-refractivity contribution >= 4 is 5.97 Å². The quantitative estimate of drug-likeness (QED) is 0.768. The van der Waals surface area contributed by atoms with Crippen LogP contribution < -0.4 is 15.2 Å². The van der Waals surface area contributed by atoms with Gasteiger partial charge in [-0.2, -0.15) is 0 Å². The number of rotatable bonds is 7. The SMILES string of the molecule is COc1ccc(OC)c(CCCC(N)C(=O)O)c1. The molecule has 1 aromatic carbocycles. The van der Waals surface area contributed by atoms with Gasteiger partial charge < -0.3 is 20.3 Å². The Labute approximate surface area is 107 Å². The predicted octanol–water partition coefficient (Wildman–Crippen LogP) is 1.44. The Balaban J connectivity index is 2.62. The summed E-state index contributed by atoms with van der Waals surface area (Å²) in [7, 11) is 3.21. The number of aryl methyl sites for hydroxylation is 1. The number of carboxylic acids is 1. The molecule has 100 valence electrons. The fourth-order valence-corrected chi connectivity index (χ4v) is 1.71. The number of carbonyl (C=O) groups is 1. The number of ether oxygens (including phenoxy) is 2. The van der Waals surface area contributed by atoms with Crippen molar-refractivity contribution in [3.63, 3.8) is 0 Å². The van der Waals surface area contributed by atoms with Crippen LogP contribution in [0.1, 0.15) is 18.4 Å². The van der Waals surface area contributed by atoms with Gasteiger partial charge in [0.25, 0.3) is 0 Å². The maximum atomic E-state index is 10.6. The third-order valence-electron chi connectivity index (χ3n) is 2.77. The molecule has 0 heterocycles. The Morgan fingerprint density at radius 3 is 2.67 bits per heavy atom. The average Bonchev–Trinajstić information content (AvgIpc) is 2.38. The Kier molecular flexibility index (Phi) is 5.45. The van der Waals surface area contributed by atoms with E-state index in [2.05, 4.69) is 0 Å². The van der Waals surface area contributed by atoms with Crippen molar-refractivity contribution in [3.05, 3.63) is 23.8 Å². The molecule has 0 bridgehead atoms. The van der Waals surface area contributed by atoms with Crippen molar-refractivity contribution in [2.75, 3.05) is 14.2 Å². The van der Waals surface area contributed by atoms with Crippen LogP contribution >= 0.6 is 0 Å². The molecule has 5 nitrogen and oxygen atoms in total. The maximum absolute atomic E-state index is 10.6. The van der Waals surface area contributed by atoms with E-state index in [1.165, 1.54) is 0 Å². The zero-order chi connectivity index (χ0) is 13.5. The third-order valence-corrected chi connectivity index (χ3v) is 2.77. The first-order chi connectivity index (χ1) is 8.58. The minimum atomic E-state index is -0.965. The fraction of sp³-hybridized carbons (Fsp3) is 0.462. The van der Waals surface area contributed by atoms with Gasteiger partial charge in [0.1, 0.15) is 17.5 Å². The van der Waals surface area contributed by atoms with Gasteiger partial charge in [-0.15, -0.1) is 0 Å².